The number of carbonyl (C=O) groups is 1. The summed E-state index contributed by atoms with van der Waals surface area (Å²) in [6.45, 7) is 1.39. The van der Waals surface area contributed by atoms with Crippen LogP contribution in [0.4, 0.5) is 13.2 Å². The Balaban J connectivity index is 1.66. The number of alkyl halides is 3. The highest BCUT2D eigenvalue weighted by molar-refractivity contribution is 7.07. The van der Waals surface area contributed by atoms with Gasteiger partial charge in [-0.25, -0.2) is 9.79 Å². The van der Waals surface area contributed by atoms with Crippen LogP contribution in [0.5, 0.6) is 5.75 Å². The van der Waals surface area contributed by atoms with E-state index in [-0.39, 0.29) is 28.1 Å². The minimum atomic E-state index is -5.01. The average Bonchev–Trinajstić information content (AvgIpc) is 3.27. The summed E-state index contributed by atoms with van der Waals surface area (Å²) in [5.74, 6) is -0.829. The van der Waals surface area contributed by atoms with Gasteiger partial charge in [-0.3, -0.25) is 9.36 Å². The molecule has 4 aromatic rings. The first-order chi connectivity index (χ1) is 20.5. The van der Waals surface area contributed by atoms with Gasteiger partial charge < -0.3 is 9.47 Å². The lowest BCUT2D eigenvalue weighted by Gasteiger charge is -2.26. The van der Waals surface area contributed by atoms with Gasteiger partial charge in [0.15, 0.2) is 10.5 Å². The number of ether oxygens (including phenoxy) is 2. The molecule has 5 rings (SSSR count). The molecule has 1 aromatic heterocycles. The molecule has 6 nitrogen and oxygen atoms in total. The first kappa shape index (κ1) is 30.9. The summed E-state index contributed by atoms with van der Waals surface area (Å²) in [6.07, 6.45) is -3.51. The Kier molecular flexibility index (Phi) is 9.03. The predicted molar refractivity (Wildman–Crippen MR) is 159 cm³/mol. The van der Waals surface area contributed by atoms with E-state index in [1.54, 1.807) is 42.5 Å². The molecule has 0 fully saturated rings. The lowest BCUT2D eigenvalue weighted by molar-refractivity contribution is -0.140. The second-order valence-corrected chi connectivity index (χ2v) is 11.5. The van der Waals surface area contributed by atoms with Gasteiger partial charge in [0.25, 0.3) is 5.56 Å². The van der Waals surface area contributed by atoms with Gasteiger partial charge >= 0.3 is 12.1 Å². The number of esters is 1. The van der Waals surface area contributed by atoms with Gasteiger partial charge in [0.05, 0.1) is 22.8 Å². The Morgan fingerprint density at radius 1 is 1.05 bits per heavy atom. The average molecular weight is 668 g/mol. The fraction of sp³-hybridized carbons (Fsp3) is 0.167. The normalized spacial score (nSPS) is 15.2. The molecule has 43 heavy (non-hydrogen) atoms. The molecule has 2 heterocycles. The summed E-state index contributed by atoms with van der Waals surface area (Å²) in [5, 5.41) is 1.21. The van der Waals surface area contributed by atoms with E-state index >= 15 is 0 Å². The van der Waals surface area contributed by atoms with Crippen molar-refractivity contribution >= 4 is 58.2 Å². The molecule has 0 spiro atoms. The standard InChI is InChI=1S/C30H20Cl3F3N2O4S/c1-2-41-28(40)24-25(16-7-10-19(31)11-8-16)38-27(39)23(43-29(38)37-26(24)30(34,35)36)13-17-5-3-4-6-22(17)42-15-18-9-12-20(32)14-21(18)33/h3-14,25H,2,15H2,1H3/b23-13+/t25-/m0/s1. The molecule has 1 aliphatic rings. The van der Waals surface area contributed by atoms with Crippen LogP contribution >= 0.6 is 46.1 Å². The first-order valence-electron chi connectivity index (χ1n) is 12.7. The number of thiazole rings is 1. The van der Waals surface area contributed by atoms with E-state index in [1.807, 2.05) is 0 Å². The quantitative estimate of drug-likeness (QED) is 0.202. The molecular formula is C30H20Cl3F3N2O4S. The molecule has 0 saturated carbocycles. The van der Waals surface area contributed by atoms with Gasteiger partial charge in [-0.1, -0.05) is 82.5 Å². The summed E-state index contributed by atoms with van der Waals surface area (Å²) in [4.78, 5) is 30.4. The van der Waals surface area contributed by atoms with E-state index in [9.17, 15) is 22.8 Å². The number of halogens is 6. The Hall–Kier alpha value is -3.57. The van der Waals surface area contributed by atoms with Gasteiger partial charge in [-0.2, -0.15) is 13.2 Å². The summed E-state index contributed by atoms with van der Waals surface area (Å²) < 4.78 is 55.1. The van der Waals surface area contributed by atoms with E-state index in [4.69, 9.17) is 44.3 Å². The molecule has 0 saturated heterocycles. The summed E-state index contributed by atoms with van der Waals surface area (Å²) in [5.41, 5.74) is -1.49. The van der Waals surface area contributed by atoms with Crippen LogP contribution in [-0.2, 0) is 16.1 Å². The number of carbonyl (C=O) groups excluding carboxylic acids is 1. The van der Waals surface area contributed by atoms with Crippen molar-refractivity contribution < 1.29 is 27.4 Å². The molecule has 0 N–H and O–H groups in total. The largest absolute Gasteiger partial charge is 0.488 e. The highest BCUT2D eigenvalue weighted by Crippen LogP contribution is 2.38. The SMILES string of the molecule is CCOC(=O)C1=C(C(F)(F)F)N=c2s/c(=C/c3ccccc3OCc3ccc(Cl)cc3Cl)c(=O)n2[C@H]1c1ccc(Cl)cc1. The Labute approximate surface area is 261 Å². The number of allylic oxidation sites excluding steroid dienone is 1. The summed E-state index contributed by atoms with van der Waals surface area (Å²) >= 11 is 19.0. The molecule has 0 amide bonds. The van der Waals surface area contributed by atoms with Crippen LogP contribution in [0.1, 0.15) is 29.7 Å². The Bertz CT molecular complexity index is 1920. The molecular weight excluding hydrogens is 648 g/mol. The first-order valence-corrected chi connectivity index (χ1v) is 14.6. The maximum atomic E-state index is 14.3. The van der Waals surface area contributed by atoms with Crippen molar-refractivity contribution in [1.29, 1.82) is 0 Å². The highest BCUT2D eigenvalue weighted by atomic mass is 35.5. The van der Waals surface area contributed by atoms with Gasteiger partial charge in [0, 0.05) is 26.2 Å². The van der Waals surface area contributed by atoms with E-state index in [0.29, 0.717) is 31.9 Å². The summed E-state index contributed by atoms with van der Waals surface area (Å²) in [6, 6.07) is 16.2. The van der Waals surface area contributed by atoms with Crippen LogP contribution in [0.15, 0.2) is 87.8 Å². The van der Waals surface area contributed by atoms with Gasteiger partial charge in [-0.05, 0) is 48.9 Å². The lowest BCUT2D eigenvalue weighted by Crippen LogP contribution is -2.41. The van der Waals surface area contributed by atoms with E-state index in [1.165, 1.54) is 37.3 Å². The molecule has 222 valence electrons. The topological polar surface area (TPSA) is 69.9 Å². The maximum absolute atomic E-state index is 14.3. The smallest absolute Gasteiger partial charge is 0.434 e. The van der Waals surface area contributed by atoms with Crippen LogP contribution in [-0.4, -0.2) is 23.3 Å². The molecule has 1 atom stereocenters. The third kappa shape index (κ3) is 6.52. The zero-order chi connectivity index (χ0) is 30.9. The van der Waals surface area contributed by atoms with Crippen LogP contribution in [0.3, 0.4) is 0 Å². The van der Waals surface area contributed by atoms with Crippen LogP contribution in [0.2, 0.25) is 15.1 Å². The number of hydrogen-bond donors (Lipinski definition) is 0. The number of fused-ring (bicyclic) bond motifs is 1. The van der Waals surface area contributed by atoms with E-state index in [2.05, 4.69) is 4.99 Å². The zero-order valence-electron chi connectivity index (χ0n) is 22.1. The fourth-order valence-electron chi connectivity index (χ4n) is 4.47. The minimum absolute atomic E-state index is 0.0740. The number of para-hydroxylation sites is 1. The fourth-order valence-corrected chi connectivity index (χ4v) is 6.05. The minimum Gasteiger partial charge on any atom is -0.488 e. The molecule has 0 bridgehead atoms. The summed E-state index contributed by atoms with van der Waals surface area (Å²) in [7, 11) is 0. The third-order valence-corrected chi connectivity index (χ3v) is 8.21. The van der Waals surface area contributed by atoms with Crippen molar-refractivity contribution in [1.82, 2.24) is 4.57 Å². The number of hydrogen-bond acceptors (Lipinski definition) is 6. The zero-order valence-corrected chi connectivity index (χ0v) is 25.2. The van der Waals surface area contributed by atoms with Crippen molar-refractivity contribution in [2.24, 2.45) is 4.99 Å². The number of nitrogens with zero attached hydrogens (tertiary/aromatic N) is 2. The molecule has 0 radical (unpaired) electrons. The van der Waals surface area contributed by atoms with Crippen LogP contribution < -0.4 is 19.6 Å². The second kappa shape index (κ2) is 12.6. The van der Waals surface area contributed by atoms with Gasteiger partial charge in [-0.15, -0.1) is 0 Å². The van der Waals surface area contributed by atoms with Gasteiger partial charge in [0.1, 0.15) is 12.4 Å². The number of benzene rings is 3. The monoisotopic (exact) mass is 666 g/mol. The second-order valence-electron chi connectivity index (χ2n) is 9.18. The lowest BCUT2D eigenvalue weighted by atomic mass is 9.95. The van der Waals surface area contributed by atoms with Crippen molar-refractivity contribution in [3.8, 4) is 5.75 Å². The van der Waals surface area contributed by atoms with Crippen molar-refractivity contribution in [3.63, 3.8) is 0 Å². The van der Waals surface area contributed by atoms with E-state index in [0.717, 1.165) is 15.9 Å². The molecule has 13 heteroatoms. The Morgan fingerprint density at radius 3 is 2.42 bits per heavy atom. The third-order valence-electron chi connectivity index (χ3n) is 6.38. The van der Waals surface area contributed by atoms with Crippen molar-refractivity contribution in [3.05, 3.63) is 129 Å². The number of aromatic nitrogens is 1. The molecule has 0 aliphatic carbocycles. The predicted octanol–water partition coefficient (Wildman–Crippen LogP) is 6.88. The molecule has 0 unspecified atom stereocenters. The Morgan fingerprint density at radius 2 is 1.74 bits per heavy atom. The maximum Gasteiger partial charge on any atom is 0.434 e. The van der Waals surface area contributed by atoms with E-state index < -0.39 is 35.0 Å². The molecule has 1 aliphatic heterocycles. The van der Waals surface area contributed by atoms with Crippen LogP contribution in [0.25, 0.3) is 6.08 Å². The molecule has 3 aromatic carbocycles. The van der Waals surface area contributed by atoms with Crippen LogP contribution in [0, 0.1) is 0 Å². The van der Waals surface area contributed by atoms with Crippen molar-refractivity contribution in [2.45, 2.75) is 25.7 Å². The van der Waals surface area contributed by atoms with Crippen molar-refractivity contribution in [2.75, 3.05) is 6.61 Å². The number of rotatable bonds is 7. The van der Waals surface area contributed by atoms with Gasteiger partial charge in [0.2, 0.25) is 0 Å². The highest BCUT2D eigenvalue weighted by Gasteiger charge is 2.45.